The molecular weight excluding hydrogens is 182 g/mol. The van der Waals surface area contributed by atoms with Crippen molar-refractivity contribution in [1.29, 1.82) is 0 Å². The standard InChI is InChI=1S/C9H13N3S/c1-4-5-6-13-9-10-8(7(2)3)11-12-9/h7H,6H2,1-3H3,(H,10,11,12). The van der Waals surface area contributed by atoms with Gasteiger partial charge in [-0.05, 0) is 6.92 Å². The van der Waals surface area contributed by atoms with Gasteiger partial charge in [0.15, 0.2) is 0 Å². The maximum atomic E-state index is 4.31. The second-order valence-electron chi connectivity index (χ2n) is 2.87. The van der Waals surface area contributed by atoms with Crippen LogP contribution in [0.4, 0.5) is 0 Å². The highest BCUT2D eigenvalue weighted by molar-refractivity contribution is 7.99. The van der Waals surface area contributed by atoms with Crippen LogP contribution in [-0.2, 0) is 0 Å². The number of H-pyrrole nitrogens is 1. The van der Waals surface area contributed by atoms with Crippen molar-refractivity contribution in [2.75, 3.05) is 5.75 Å². The molecule has 0 spiro atoms. The third kappa shape index (κ3) is 3.11. The predicted molar refractivity (Wildman–Crippen MR) is 54.6 cm³/mol. The summed E-state index contributed by atoms with van der Waals surface area (Å²) in [5.74, 6) is 7.88. The van der Waals surface area contributed by atoms with Crippen LogP contribution in [0.25, 0.3) is 0 Å². The number of hydrogen-bond donors (Lipinski definition) is 1. The van der Waals surface area contributed by atoms with Crippen molar-refractivity contribution in [3.8, 4) is 11.8 Å². The fraction of sp³-hybridized carbons (Fsp3) is 0.556. The Balaban J connectivity index is 2.52. The second kappa shape index (κ2) is 4.93. The first-order valence-electron chi connectivity index (χ1n) is 4.18. The molecule has 1 N–H and O–H groups in total. The molecule has 0 amide bonds. The lowest BCUT2D eigenvalue weighted by molar-refractivity contribution is 0.780. The summed E-state index contributed by atoms with van der Waals surface area (Å²) >= 11 is 1.56. The number of nitrogens with zero attached hydrogens (tertiary/aromatic N) is 2. The van der Waals surface area contributed by atoms with Gasteiger partial charge in [0.25, 0.3) is 0 Å². The van der Waals surface area contributed by atoms with Crippen LogP contribution >= 0.6 is 11.8 Å². The van der Waals surface area contributed by atoms with Crippen molar-refractivity contribution in [3.63, 3.8) is 0 Å². The van der Waals surface area contributed by atoms with Crippen molar-refractivity contribution in [2.45, 2.75) is 31.8 Å². The fourth-order valence-corrected chi connectivity index (χ4v) is 1.37. The van der Waals surface area contributed by atoms with Gasteiger partial charge in [-0.3, -0.25) is 5.10 Å². The van der Waals surface area contributed by atoms with Crippen LogP contribution in [0.15, 0.2) is 5.16 Å². The molecule has 3 nitrogen and oxygen atoms in total. The number of rotatable bonds is 3. The van der Waals surface area contributed by atoms with Gasteiger partial charge in [0, 0.05) is 5.92 Å². The van der Waals surface area contributed by atoms with Crippen molar-refractivity contribution in [2.24, 2.45) is 0 Å². The van der Waals surface area contributed by atoms with Crippen LogP contribution < -0.4 is 0 Å². The summed E-state index contributed by atoms with van der Waals surface area (Å²) in [5.41, 5.74) is 0. The van der Waals surface area contributed by atoms with Crippen LogP contribution in [0.1, 0.15) is 32.5 Å². The maximum Gasteiger partial charge on any atom is 0.209 e. The lowest BCUT2D eigenvalue weighted by Gasteiger charge is -1.94. The van der Waals surface area contributed by atoms with Crippen LogP contribution in [0.3, 0.4) is 0 Å². The quantitative estimate of drug-likeness (QED) is 0.593. The van der Waals surface area contributed by atoms with Gasteiger partial charge >= 0.3 is 0 Å². The van der Waals surface area contributed by atoms with Crippen LogP contribution in [0.2, 0.25) is 0 Å². The summed E-state index contributed by atoms with van der Waals surface area (Å²) in [7, 11) is 0. The van der Waals surface area contributed by atoms with E-state index in [-0.39, 0.29) is 0 Å². The molecule has 0 fully saturated rings. The molecule has 4 heteroatoms. The molecule has 0 aliphatic heterocycles. The normalized spacial score (nSPS) is 9.85. The van der Waals surface area contributed by atoms with Gasteiger partial charge in [-0.2, -0.15) is 0 Å². The van der Waals surface area contributed by atoms with Crippen molar-refractivity contribution >= 4 is 11.8 Å². The summed E-state index contributed by atoms with van der Waals surface area (Å²) in [4.78, 5) is 4.31. The fourth-order valence-electron chi connectivity index (χ4n) is 0.754. The number of aromatic amines is 1. The molecule has 1 rings (SSSR count). The number of hydrogen-bond acceptors (Lipinski definition) is 3. The summed E-state index contributed by atoms with van der Waals surface area (Å²) in [6.07, 6.45) is 0. The van der Waals surface area contributed by atoms with Crippen molar-refractivity contribution in [3.05, 3.63) is 5.82 Å². The number of aromatic nitrogens is 3. The first-order chi connectivity index (χ1) is 6.24. The van der Waals surface area contributed by atoms with Crippen LogP contribution in [-0.4, -0.2) is 20.9 Å². The Hall–Kier alpha value is -0.950. The van der Waals surface area contributed by atoms with E-state index < -0.39 is 0 Å². The SMILES string of the molecule is CC#CCSc1n[nH]c(C(C)C)n1. The number of thioether (sulfide) groups is 1. The van der Waals surface area contributed by atoms with E-state index >= 15 is 0 Å². The van der Waals surface area contributed by atoms with Crippen LogP contribution in [0.5, 0.6) is 0 Å². The van der Waals surface area contributed by atoms with E-state index in [0.717, 1.165) is 16.7 Å². The van der Waals surface area contributed by atoms with Gasteiger partial charge in [-0.1, -0.05) is 31.5 Å². The Labute approximate surface area is 82.7 Å². The minimum atomic E-state index is 0.402. The van der Waals surface area contributed by atoms with Crippen molar-refractivity contribution in [1.82, 2.24) is 15.2 Å². The Morgan fingerprint density at radius 1 is 1.54 bits per heavy atom. The molecule has 13 heavy (non-hydrogen) atoms. The Morgan fingerprint density at radius 2 is 2.31 bits per heavy atom. The molecule has 0 bridgehead atoms. The molecule has 0 aliphatic rings. The molecule has 0 aromatic carbocycles. The molecule has 0 saturated heterocycles. The molecule has 1 heterocycles. The first-order valence-corrected chi connectivity index (χ1v) is 5.17. The van der Waals surface area contributed by atoms with E-state index in [9.17, 15) is 0 Å². The van der Waals surface area contributed by atoms with E-state index in [4.69, 9.17) is 0 Å². The molecule has 1 aromatic heterocycles. The monoisotopic (exact) mass is 195 g/mol. The largest absolute Gasteiger partial charge is 0.262 e. The highest BCUT2D eigenvalue weighted by atomic mass is 32.2. The van der Waals surface area contributed by atoms with Gasteiger partial charge in [0.1, 0.15) is 5.82 Å². The smallest absolute Gasteiger partial charge is 0.209 e. The molecule has 0 atom stereocenters. The van der Waals surface area contributed by atoms with Gasteiger partial charge in [0.2, 0.25) is 5.16 Å². The lowest BCUT2D eigenvalue weighted by atomic mass is 10.2. The molecule has 0 aliphatic carbocycles. The second-order valence-corrected chi connectivity index (χ2v) is 3.82. The van der Waals surface area contributed by atoms with Crippen molar-refractivity contribution < 1.29 is 0 Å². The summed E-state index contributed by atoms with van der Waals surface area (Å²) in [5, 5.41) is 7.75. The molecule has 0 unspecified atom stereocenters. The summed E-state index contributed by atoms with van der Waals surface area (Å²) < 4.78 is 0. The topological polar surface area (TPSA) is 41.6 Å². The van der Waals surface area contributed by atoms with E-state index in [1.807, 2.05) is 6.92 Å². The first kappa shape index (κ1) is 10.1. The van der Waals surface area contributed by atoms with Gasteiger partial charge < -0.3 is 0 Å². The van der Waals surface area contributed by atoms with E-state index in [1.165, 1.54) is 0 Å². The van der Waals surface area contributed by atoms with Gasteiger partial charge in [0.05, 0.1) is 5.75 Å². The third-order valence-corrected chi connectivity index (χ3v) is 2.21. The summed E-state index contributed by atoms with van der Waals surface area (Å²) in [6.45, 7) is 6.00. The Bertz CT molecular complexity index is 319. The van der Waals surface area contributed by atoms with Gasteiger partial charge in [-0.25, -0.2) is 4.98 Å². The molecule has 1 aromatic rings. The molecule has 0 saturated carbocycles. The van der Waals surface area contributed by atoms with Gasteiger partial charge in [-0.15, -0.1) is 11.0 Å². The minimum absolute atomic E-state index is 0.402. The zero-order chi connectivity index (χ0) is 9.68. The van der Waals surface area contributed by atoms with E-state index in [2.05, 4.69) is 40.9 Å². The maximum absolute atomic E-state index is 4.31. The minimum Gasteiger partial charge on any atom is -0.262 e. The number of nitrogens with one attached hydrogen (secondary N) is 1. The molecular formula is C9H13N3S. The Kier molecular flexibility index (Phi) is 3.84. The zero-order valence-corrected chi connectivity index (χ0v) is 8.90. The Morgan fingerprint density at radius 3 is 2.85 bits per heavy atom. The van der Waals surface area contributed by atoms with Crippen LogP contribution in [0, 0.1) is 11.8 Å². The van der Waals surface area contributed by atoms with E-state index in [1.54, 1.807) is 11.8 Å². The average molecular weight is 195 g/mol. The molecule has 0 radical (unpaired) electrons. The highest BCUT2D eigenvalue weighted by Gasteiger charge is 2.05. The molecule has 70 valence electrons. The third-order valence-electron chi connectivity index (χ3n) is 1.48. The highest BCUT2D eigenvalue weighted by Crippen LogP contribution is 2.15. The zero-order valence-electron chi connectivity index (χ0n) is 8.09. The average Bonchev–Trinajstić information content (AvgIpc) is 2.53. The summed E-state index contributed by atoms with van der Waals surface area (Å²) in [6, 6.07) is 0. The van der Waals surface area contributed by atoms with E-state index in [0.29, 0.717) is 5.92 Å². The predicted octanol–water partition coefficient (Wildman–Crippen LogP) is 2.04. The lowest BCUT2D eigenvalue weighted by Crippen LogP contribution is -1.89.